The van der Waals surface area contributed by atoms with Crippen molar-refractivity contribution in [2.45, 2.75) is 43.9 Å². The van der Waals surface area contributed by atoms with E-state index >= 15 is 0 Å². The molecule has 0 aromatic heterocycles. The second-order valence-electron chi connectivity index (χ2n) is 8.05. The molecular weight excluding hydrogens is 456 g/mol. The number of aliphatic carboxylic acids is 1. The minimum atomic E-state index is -1.37. The Labute approximate surface area is 202 Å². The molecule has 2 aromatic rings. The maximum Gasteiger partial charge on any atom is 0.326 e. The summed E-state index contributed by atoms with van der Waals surface area (Å²) in [4.78, 5) is 49.5. The number of hydrogen-bond donors (Lipinski definition) is 7. The number of aliphatic hydroxyl groups is 1. The van der Waals surface area contributed by atoms with Crippen molar-refractivity contribution in [2.75, 3.05) is 6.61 Å². The first-order chi connectivity index (χ1) is 16.6. The number of nitrogens with one attached hydrogen (secondary N) is 3. The maximum absolute atomic E-state index is 13.1. The molecule has 4 atom stereocenters. The molecule has 11 heteroatoms. The van der Waals surface area contributed by atoms with Gasteiger partial charge in [-0.15, -0.1) is 0 Å². The molecule has 11 nitrogen and oxygen atoms in total. The molecule has 35 heavy (non-hydrogen) atoms. The van der Waals surface area contributed by atoms with Crippen LogP contribution in [0, 0.1) is 0 Å². The third-order valence-corrected chi connectivity index (χ3v) is 5.14. The van der Waals surface area contributed by atoms with Gasteiger partial charge < -0.3 is 37.0 Å². The minimum Gasteiger partial charge on any atom is -0.508 e. The zero-order valence-corrected chi connectivity index (χ0v) is 19.2. The number of phenols is 1. The highest BCUT2D eigenvalue weighted by molar-refractivity contribution is 5.94. The second-order valence-corrected chi connectivity index (χ2v) is 8.05. The zero-order valence-electron chi connectivity index (χ0n) is 19.2. The molecule has 3 amide bonds. The topological polar surface area (TPSA) is 191 Å². The first kappa shape index (κ1) is 27.3. The predicted octanol–water partition coefficient (Wildman–Crippen LogP) is -0.944. The summed E-state index contributed by atoms with van der Waals surface area (Å²) >= 11 is 0. The van der Waals surface area contributed by atoms with Gasteiger partial charge in [-0.25, -0.2) is 4.79 Å². The Kier molecular flexibility index (Phi) is 10.2. The lowest BCUT2D eigenvalue weighted by molar-refractivity contribution is -0.142. The van der Waals surface area contributed by atoms with Crippen LogP contribution in [-0.4, -0.2) is 69.8 Å². The number of aliphatic hydroxyl groups excluding tert-OH is 1. The van der Waals surface area contributed by atoms with Crippen molar-refractivity contribution in [3.63, 3.8) is 0 Å². The predicted molar refractivity (Wildman–Crippen MR) is 126 cm³/mol. The zero-order chi connectivity index (χ0) is 26.0. The van der Waals surface area contributed by atoms with Gasteiger partial charge in [0.1, 0.15) is 23.9 Å². The van der Waals surface area contributed by atoms with E-state index in [0.717, 1.165) is 0 Å². The first-order valence-corrected chi connectivity index (χ1v) is 10.9. The molecule has 2 rings (SSSR count). The number of phenolic OH excluding ortho intramolecular Hbond substituents is 1. The lowest BCUT2D eigenvalue weighted by atomic mass is 10.0. The summed E-state index contributed by atoms with van der Waals surface area (Å²) in [5, 5.41) is 35.9. The fraction of sp³-hybridized carbons (Fsp3) is 0.333. The molecule has 0 aliphatic rings. The van der Waals surface area contributed by atoms with Crippen LogP contribution < -0.4 is 21.7 Å². The lowest BCUT2D eigenvalue weighted by Crippen LogP contribution is -2.58. The van der Waals surface area contributed by atoms with Crippen LogP contribution in [0.5, 0.6) is 5.75 Å². The van der Waals surface area contributed by atoms with E-state index in [0.29, 0.717) is 11.1 Å². The van der Waals surface area contributed by atoms with Gasteiger partial charge in [0, 0.05) is 12.8 Å². The van der Waals surface area contributed by atoms with E-state index in [1.165, 1.54) is 19.1 Å². The van der Waals surface area contributed by atoms with Gasteiger partial charge in [-0.3, -0.25) is 14.4 Å². The third-order valence-electron chi connectivity index (χ3n) is 5.14. The number of amides is 3. The molecular formula is C24H30N4O7. The van der Waals surface area contributed by atoms with E-state index in [-0.39, 0.29) is 18.6 Å². The fourth-order valence-corrected chi connectivity index (χ4v) is 3.17. The quantitative estimate of drug-likeness (QED) is 0.200. The summed E-state index contributed by atoms with van der Waals surface area (Å²) in [5.41, 5.74) is 6.74. The highest BCUT2D eigenvalue weighted by Gasteiger charge is 2.30. The highest BCUT2D eigenvalue weighted by atomic mass is 16.4. The van der Waals surface area contributed by atoms with Crippen molar-refractivity contribution in [3.8, 4) is 5.75 Å². The van der Waals surface area contributed by atoms with Gasteiger partial charge in [-0.2, -0.15) is 0 Å². The molecule has 0 spiro atoms. The van der Waals surface area contributed by atoms with Gasteiger partial charge in [0.2, 0.25) is 17.7 Å². The van der Waals surface area contributed by atoms with Crippen LogP contribution >= 0.6 is 0 Å². The Morgan fingerprint density at radius 1 is 0.771 bits per heavy atom. The van der Waals surface area contributed by atoms with Crippen LogP contribution in [0.25, 0.3) is 0 Å². The molecule has 8 N–H and O–H groups in total. The Hall–Kier alpha value is -3.96. The Morgan fingerprint density at radius 2 is 1.26 bits per heavy atom. The molecule has 0 unspecified atom stereocenters. The number of nitrogens with two attached hydrogens (primary N) is 1. The van der Waals surface area contributed by atoms with Crippen molar-refractivity contribution in [2.24, 2.45) is 5.73 Å². The first-order valence-electron chi connectivity index (χ1n) is 10.9. The monoisotopic (exact) mass is 486 g/mol. The van der Waals surface area contributed by atoms with Gasteiger partial charge in [0.05, 0.1) is 12.6 Å². The number of carbonyl (C=O) groups excluding carboxylic acids is 3. The second kappa shape index (κ2) is 13.1. The molecule has 0 bridgehead atoms. The number of carboxylic acids is 1. The van der Waals surface area contributed by atoms with E-state index in [1.54, 1.807) is 42.5 Å². The summed E-state index contributed by atoms with van der Waals surface area (Å²) in [5.74, 6) is -3.55. The normalized spacial score (nSPS) is 14.1. The van der Waals surface area contributed by atoms with Gasteiger partial charge in [-0.05, 0) is 30.2 Å². The molecule has 0 fully saturated rings. The maximum atomic E-state index is 13.1. The van der Waals surface area contributed by atoms with Crippen molar-refractivity contribution in [1.82, 2.24) is 16.0 Å². The van der Waals surface area contributed by atoms with Crippen molar-refractivity contribution in [1.29, 1.82) is 0 Å². The van der Waals surface area contributed by atoms with Crippen molar-refractivity contribution in [3.05, 3.63) is 65.7 Å². The van der Waals surface area contributed by atoms with Gasteiger partial charge in [0.15, 0.2) is 0 Å². The van der Waals surface area contributed by atoms with Crippen molar-refractivity contribution < 1.29 is 34.5 Å². The summed E-state index contributed by atoms with van der Waals surface area (Å²) in [6.07, 6.45) is -0.0274. The average molecular weight is 487 g/mol. The molecule has 0 aliphatic carbocycles. The van der Waals surface area contributed by atoms with Crippen molar-refractivity contribution >= 4 is 23.7 Å². The molecule has 0 heterocycles. The van der Waals surface area contributed by atoms with E-state index in [2.05, 4.69) is 16.0 Å². The molecule has 0 radical (unpaired) electrons. The third kappa shape index (κ3) is 8.72. The highest BCUT2D eigenvalue weighted by Crippen LogP contribution is 2.12. The average Bonchev–Trinajstić information content (AvgIpc) is 2.83. The van der Waals surface area contributed by atoms with Gasteiger partial charge in [0.25, 0.3) is 0 Å². The number of carbonyl (C=O) groups is 4. The number of rotatable bonds is 12. The molecule has 0 saturated heterocycles. The van der Waals surface area contributed by atoms with Crippen LogP contribution in [0.4, 0.5) is 0 Å². The van der Waals surface area contributed by atoms with Gasteiger partial charge >= 0.3 is 5.97 Å². The molecule has 0 saturated carbocycles. The molecule has 2 aromatic carbocycles. The Bertz CT molecular complexity index is 1010. The van der Waals surface area contributed by atoms with E-state index < -0.39 is 54.5 Å². The van der Waals surface area contributed by atoms with E-state index in [9.17, 15) is 34.5 Å². The largest absolute Gasteiger partial charge is 0.508 e. The SMILES string of the molecule is C[C@H](N)C(=O)N[C@@H](CO)C(=O)N[C@@H](Cc1ccc(O)cc1)C(=O)N[C@@H](Cc1ccccc1)C(=O)O. The van der Waals surface area contributed by atoms with Crippen LogP contribution in [0.15, 0.2) is 54.6 Å². The number of benzene rings is 2. The lowest BCUT2D eigenvalue weighted by Gasteiger charge is -2.24. The Balaban J connectivity index is 2.21. The summed E-state index contributed by atoms with van der Waals surface area (Å²) in [6.45, 7) is 0.658. The van der Waals surface area contributed by atoms with Crippen LogP contribution in [0.3, 0.4) is 0 Å². The van der Waals surface area contributed by atoms with E-state index in [4.69, 9.17) is 5.73 Å². The van der Waals surface area contributed by atoms with Gasteiger partial charge in [-0.1, -0.05) is 42.5 Å². The van der Waals surface area contributed by atoms with Crippen LogP contribution in [0.1, 0.15) is 18.1 Å². The number of aromatic hydroxyl groups is 1. The Morgan fingerprint density at radius 3 is 1.80 bits per heavy atom. The minimum absolute atomic E-state index is 0.00607. The smallest absolute Gasteiger partial charge is 0.326 e. The number of carboxylic acid groups (broad SMARTS) is 1. The standard InChI is InChI=1S/C24H30N4O7/c1-14(25)21(31)28-20(13-29)23(33)26-18(11-16-7-9-17(30)10-8-16)22(32)27-19(24(34)35)12-15-5-3-2-4-6-15/h2-10,14,18-20,29-30H,11-13,25H2,1H3,(H,26,33)(H,27,32)(H,28,31)(H,34,35)/t14-,18-,19-,20-/m0/s1. The van der Waals surface area contributed by atoms with Crippen LogP contribution in [-0.2, 0) is 32.0 Å². The summed E-state index contributed by atoms with van der Waals surface area (Å²) in [6, 6.07) is 9.81. The van der Waals surface area contributed by atoms with E-state index in [1.807, 2.05) is 0 Å². The number of hydrogen-bond acceptors (Lipinski definition) is 7. The molecule has 188 valence electrons. The summed E-state index contributed by atoms with van der Waals surface area (Å²) < 4.78 is 0. The molecule has 0 aliphatic heterocycles. The fourth-order valence-electron chi connectivity index (χ4n) is 3.17. The van der Waals surface area contributed by atoms with Crippen LogP contribution in [0.2, 0.25) is 0 Å². The summed E-state index contributed by atoms with van der Waals surface area (Å²) in [7, 11) is 0.